The number of allylic oxidation sites excluding steroid dienone is 2. The first kappa shape index (κ1) is 13.1. The molecule has 2 aliphatic rings. The molecular weight excluding hydrogens is 259 g/mol. The van der Waals surface area contributed by atoms with Crippen LogP contribution >= 0.6 is 0 Å². The maximum Gasteiger partial charge on any atom is 0.401 e. The summed E-state index contributed by atoms with van der Waals surface area (Å²) in [7, 11) is 0. The van der Waals surface area contributed by atoms with Crippen molar-refractivity contribution in [1.82, 2.24) is 10.6 Å². The van der Waals surface area contributed by atoms with Crippen molar-refractivity contribution >= 4 is 11.9 Å². The summed E-state index contributed by atoms with van der Waals surface area (Å²) >= 11 is 0. The van der Waals surface area contributed by atoms with Crippen LogP contribution in [0.3, 0.4) is 0 Å². The molecule has 0 spiro atoms. The van der Waals surface area contributed by atoms with Gasteiger partial charge in [0.25, 0.3) is 0 Å². The molecule has 1 unspecified atom stereocenters. The molecule has 0 aromatic heterocycles. The zero-order valence-corrected chi connectivity index (χ0v) is 9.89. The van der Waals surface area contributed by atoms with Crippen molar-refractivity contribution in [1.29, 1.82) is 10.7 Å². The number of alkyl halides is 3. The minimum absolute atomic E-state index is 0.0352. The van der Waals surface area contributed by atoms with E-state index in [2.05, 4.69) is 15.6 Å². The van der Waals surface area contributed by atoms with Crippen LogP contribution in [0.25, 0.3) is 0 Å². The van der Waals surface area contributed by atoms with Crippen molar-refractivity contribution in [2.75, 3.05) is 6.54 Å². The molecule has 19 heavy (non-hydrogen) atoms. The molecule has 0 radical (unpaired) electrons. The Morgan fingerprint density at radius 1 is 1.63 bits per heavy atom. The zero-order chi connectivity index (χ0) is 14.3. The Kier molecular flexibility index (Phi) is 2.85. The quantitative estimate of drug-likeness (QED) is 0.629. The van der Waals surface area contributed by atoms with Crippen molar-refractivity contribution in [3.63, 3.8) is 0 Å². The van der Waals surface area contributed by atoms with Crippen LogP contribution in [0.4, 0.5) is 13.2 Å². The van der Waals surface area contributed by atoms with Crippen molar-refractivity contribution in [2.24, 2.45) is 10.4 Å². The van der Waals surface area contributed by atoms with E-state index in [0.717, 1.165) is 13.0 Å². The molecule has 0 bridgehead atoms. The molecule has 8 heteroatoms. The van der Waals surface area contributed by atoms with Crippen LogP contribution < -0.4 is 10.6 Å². The molecule has 0 aliphatic carbocycles. The highest BCUT2D eigenvalue weighted by Crippen LogP contribution is 2.46. The van der Waals surface area contributed by atoms with E-state index in [1.54, 1.807) is 6.07 Å². The Balaban J connectivity index is 2.35. The fourth-order valence-electron chi connectivity index (χ4n) is 1.84. The molecule has 0 saturated heterocycles. The first-order chi connectivity index (χ1) is 8.78. The fraction of sp³-hybridized carbons (Fsp3) is 0.364. The van der Waals surface area contributed by atoms with Crippen LogP contribution in [0.5, 0.6) is 0 Å². The molecule has 1 atom stereocenters. The number of halogens is 3. The summed E-state index contributed by atoms with van der Waals surface area (Å²) < 4.78 is 39.3. The van der Waals surface area contributed by atoms with Crippen LogP contribution in [0.15, 0.2) is 28.3 Å². The molecule has 0 fully saturated rings. The number of hydrogen-bond donors (Lipinski definition) is 3. The topological polar surface area (TPSA) is 84.1 Å². The standard InChI is InChI=1S/C11H10F3N5/c1-10(11(12,13)14)5-18-7-4-17-8(19-9(7)10)2-6(16)3-15/h2,4,16,18-19H,5H2,1H3/b8-2-,16-6?. The molecule has 3 N–H and O–H groups in total. The van der Waals surface area contributed by atoms with Crippen LogP contribution in [-0.4, -0.2) is 24.6 Å². The maximum absolute atomic E-state index is 13.1. The Bertz CT molecular complexity index is 564. The van der Waals surface area contributed by atoms with Gasteiger partial charge in [-0.3, -0.25) is 5.41 Å². The van der Waals surface area contributed by atoms with Crippen molar-refractivity contribution < 1.29 is 13.2 Å². The van der Waals surface area contributed by atoms with E-state index in [-0.39, 0.29) is 29.5 Å². The van der Waals surface area contributed by atoms with Gasteiger partial charge in [0.1, 0.15) is 23.0 Å². The first-order valence-corrected chi connectivity index (χ1v) is 5.35. The van der Waals surface area contributed by atoms with Gasteiger partial charge in [-0.2, -0.15) is 18.4 Å². The molecule has 0 aromatic rings. The molecule has 2 aliphatic heterocycles. The second-order valence-electron chi connectivity index (χ2n) is 4.41. The average Bonchev–Trinajstić information content (AvgIpc) is 2.68. The lowest BCUT2D eigenvalue weighted by atomic mass is 9.87. The highest BCUT2D eigenvalue weighted by molar-refractivity contribution is 6.05. The van der Waals surface area contributed by atoms with E-state index in [4.69, 9.17) is 10.7 Å². The Morgan fingerprint density at radius 2 is 2.32 bits per heavy atom. The number of hydrogen-bond acceptors (Lipinski definition) is 5. The average molecular weight is 269 g/mol. The number of nitrogens with one attached hydrogen (secondary N) is 3. The summed E-state index contributed by atoms with van der Waals surface area (Å²) in [5.74, 6) is 0.0458. The monoisotopic (exact) mass is 269 g/mol. The summed E-state index contributed by atoms with van der Waals surface area (Å²) in [6.07, 6.45) is -2.07. The Hall–Kier alpha value is -2.30. The predicted octanol–water partition coefficient (Wildman–Crippen LogP) is 1.43. The van der Waals surface area contributed by atoms with Gasteiger partial charge in [0.05, 0.1) is 17.6 Å². The van der Waals surface area contributed by atoms with Gasteiger partial charge in [-0.15, -0.1) is 0 Å². The fourth-order valence-corrected chi connectivity index (χ4v) is 1.84. The van der Waals surface area contributed by atoms with E-state index in [1.165, 1.54) is 6.21 Å². The normalized spacial score (nSPS) is 27.6. The number of nitrogens with zero attached hydrogens (tertiary/aromatic N) is 2. The third-order valence-corrected chi connectivity index (χ3v) is 3.07. The lowest BCUT2D eigenvalue weighted by molar-refractivity contribution is -0.200. The molecule has 0 amide bonds. The molecule has 100 valence electrons. The summed E-state index contributed by atoms with van der Waals surface area (Å²) in [6.45, 7) is 0.810. The number of nitriles is 1. The summed E-state index contributed by atoms with van der Waals surface area (Å²) in [5, 5.41) is 20.9. The molecule has 2 rings (SSSR count). The minimum atomic E-state index is -4.41. The van der Waals surface area contributed by atoms with Crippen molar-refractivity contribution in [3.05, 3.63) is 23.3 Å². The summed E-state index contributed by atoms with van der Waals surface area (Å²) in [4.78, 5) is 3.85. The van der Waals surface area contributed by atoms with E-state index in [0.29, 0.717) is 0 Å². The van der Waals surface area contributed by atoms with Crippen LogP contribution in [-0.2, 0) is 0 Å². The number of rotatable bonds is 1. The van der Waals surface area contributed by atoms with E-state index < -0.39 is 11.6 Å². The van der Waals surface area contributed by atoms with Gasteiger partial charge in [0.15, 0.2) is 0 Å². The lowest BCUT2D eigenvalue weighted by Crippen LogP contribution is -2.43. The SMILES string of the molecule is CC1(C(F)(F)F)CNC2=C1N/C(=C\C(=N)C#N)N=C2. The van der Waals surface area contributed by atoms with Gasteiger partial charge in [0.2, 0.25) is 0 Å². The second kappa shape index (κ2) is 4.12. The van der Waals surface area contributed by atoms with Crippen LogP contribution in [0, 0.1) is 22.2 Å². The van der Waals surface area contributed by atoms with Crippen molar-refractivity contribution in [2.45, 2.75) is 13.1 Å². The molecule has 5 nitrogen and oxygen atoms in total. The third kappa shape index (κ3) is 2.07. The van der Waals surface area contributed by atoms with Gasteiger partial charge < -0.3 is 10.6 Å². The summed E-state index contributed by atoms with van der Waals surface area (Å²) in [6, 6.07) is 1.56. The second-order valence-corrected chi connectivity index (χ2v) is 4.41. The van der Waals surface area contributed by atoms with E-state index in [9.17, 15) is 13.2 Å². The zero-order valence-electron chi connectivity index (χ0n) is 9.89. The van der Waals surface area contributed by atoms with Crippen LogP contribution in [0.1, 0.15) is 6.92 Å². The minimum Gasteiger partial charge on any atom is -0.381 e. The number of aliphatic imine (C=N–C) groups is 1. The van der Waals surface area contributed by atoms with Gasteiger partial charge in [-0.25, -0.2) is 4.99 Å². The van der Waals surface area contributed by atoms with Crippen LogP contribution in [0.2, 0.25) is 0 Å². The molecule has 0 saturated carbocycles. The highest BCUT2D eigenvalue weighted by atomic mass is 19.4. The molecular formula is C11H10F3N5. The van der Waals surface area contributed by atoms with E-state index in [1.807, 2.05) is 0 Å². The van der Waals surface area contributed by atoms with Gasteiger partial charge in [0, 0.05) is 12.6 Å². The molecule has 2 heterocycles. The van der Waals surface area contributed by atoms with Gasteiger partial charge in [-0.05, 0) is 6.92 Å². The smallest absolute Gasteiger partial charge is 0.381 e. The first-order valence-electron chi connectivity index (χ1n) is 5.35. The third-order valence-electron chi connectivity index (χ3n) is 3.07. The van der Waals surface area contributed by atoms with Crippen molar-refractivity contribution in [3.8, 4) is 6.07 Å². The van der Waals surface area contributed by atoms with Gasteiger partial charge in [-0.1, -0.05) is 0 Å². The lowest BCUT2D eigenvalue weighted by Gasteiger charge is -2.30. The highest BCUT2D eigenvalue weighted by Gasteiger charge is 2.57. The molecule has 0 aromatic carbocycles. The predicted molar refractivity (Wildman–Crippen MR) is 62.2 cm³/mol. The van der Waals surface area contributed by atoms with Gasteiger partial charge >= 0.3 is 6.18 Å². The maximum atomic E-state index is 13.1. The Labute approximate surface area is 107 Å². The van der Waals surface area contributed by atoms with E-state index >= 15 is 0 Å². The largest absolute Gasteiger partial charge is 0.401 e. The summed E-state index contributed by atoms with van der Waals surface area (Å²) in [5.41, 5.74) is -2.18. The Morgan fingerprint density at radius 3 is 2.89 bits per heavy atom.